The zero-order valence-corrected chi connectivity index (χ0v) is 14.2. The molecule has 2 N–H and O–H groups in total. The number of carbonyl (C=O) groups is 3. The van der Waals surface area contributed by atoms with E-state index in [1.807, 2.05) is 14.0 Å². The summed E-state index contributed by atoms with van der Waals surface area (Å²) in [5.74, 6) is -1.11. The average Bonchev–Trinajstić information content (AvgIpc) is 2.71. The van der Waals surface area contributed by atoms with E-state index in [2.05, 4.69) is 21.2 Å². The van der Waals surface area contributed by atoms with Crippen molar-refractivity contribution in [3.63, 3.8) is 0 Å². The molecule has 6 nitrogen and oxygen atoms in total. The van der Waals surface area contributed by atoms with Crippen LogP contribution in [0.15, 0.2) is 22.7 Å². The number of rotatable bonds is 6. The van der Waals surface area contributed by atoms with Crippen LogP contribution in [0.25, 0.3) is 0 Å². The number of quaternary nitrogens is 1. The van der Waals surface area contributed by atoms with Crippen molar-refractivity contribution in [1.82, 2.24) is 5.32 Å². The molecular weight excluding hydrogens is 350 g/mol. The maximum absolute atomic E-state index is 12.1. The fraction of sp³-hybridized carbons (Fsp3) is 0.400. The van der Waals surface area contributed by atoms with Crippen molar-refractivity contribution in [3.8, 4) is 0 Å². The zero-order valence-electron chi connectivity index (χ0n) is 12.6. The number of nitrogens with one attached hydrogen (secondary N) is 2. The highest BCUT2D eigenvalue weighted by Crippen LogP contribution is 2.35. The number of hydrogen-bond donors (Lipinski definition) is 2. The summed E-state index contributed by atoms with van der Waals surface area (Å²) in [6, 6.07) is 5.16. The number of halogens is 1. The highest BCUT2D eigenvalue weighted by molar-refractivity contribution is 9.10. The molecule has 22 heavy (non-hydrogen) atoms. The molecule has 2 rings (SSSR count). The smallest absolute Gasteiger partial charge is 0.303 e. The van der Waals surface area contributed by atoms with Gasteiger partial charge in [-0.15, -0.1) is 0 Å². The van der Waals surface area contributed by atoms with Gasteiger partial charge in [0.1, 0.15) is 0 Å². The van der Waals surface area contributed by atoms with Gasteiger partial charge in [0.25, 0.3) is 11.7 Å². The molecule has 1 aromatic rings. The third-order valence-corrected chi connectivity index (χ3v) is 4.04. The lowest BCUT2D eigenvalue weighted by atomic mass is 10.1. The molecule has 1 atom stereocenters. The van der Waals surface area contributed by atoms with E-state index in [9.17, 15) is 14.4 Å². The number of fused-ring (bicyclic) bond motifs is 1. The number of Topliss-reactive ketones (excluding diaryl/α,β-unsaturated/α-hetero) is 1. The Balaban J connectivity index is 2.09. The summed E-state index contributed by atoms with van der Waals surface area (Å²) in [5.41, 5.74) is 0.994. The second kappa shape index (κ2) is 7.02. The molecule has 1 unspecified atom stereocenters. The maximum Gasteiger partial charge on any atom is 0.303 e. The Morgan fingerprint density at radius 2 is 2.09 bits per heavy atom. The van der Waals surface area contributed by atoms with Crippen LogP contribution in [0, 0.1) is 0 Å². The molecule has 7 heteroatoms. The van der Waals surface area contributed by atoms with E-state index in [-0.39, 0.29) is 19.1 Å². The first-order valence-electron chi connectivity index (χ1n) is 7.18. The van der Waals surface area contributed by atoms with Gasteiger partial charge in [0, 0.05) is 11.0 Å². The molecule has 118 valence electrons. The van der Waals surface area contributed by atoms with Gasteiger partial charge in [0.05, 0.1) is 18.3 Å². The Hall–Kier alpha value is -1.73. The van der Waals surface area contributed by atoms with Crippen LogP contribution >= 0.6 is 15.9 Å². The molecule has 1 heterocycles. The summed E-state index contributed by atoms with van der Waals surface area (Å²) in [6.07, 6.45) is 0.879. The Labute approximate surface area is 137 Å². The average molecular weight is 369 g/mol. The number of para-hydroxylation sites is 1. The summed E-state index contributed by atoms with van der Waals surface area (Å²) < 4.78 is 0.701. The molecule has 1 aliphatic heterocycles. The van der Waals surface area contributed by atoms with Crippen molar-refractivity contribution in [3.05, 3.63) is 28.2 Å². The zero-order chi connectivity index (χ0) is 16.3. The summed E-state index contributed by atoms with van der Waals surface area (Å²) in [7, 11) is 1.82. The molecule has 1 aliphatic rings. The number of hydrogen-bond acceptors (Lipinski definition) is 3. The first kappa shape index (κ1) is 16.6. The molecule has 1 aromatic carbocycles. The predicted molar refractivity (Wildman–Crippen MR) is 85.9 cm³/mol. The third-order valence-electron chi connectivity index (χ3n) is 3.40. The van der Waals surface area contributed by atoms with E-state index in [0.29, 0.717) is 22.3 Å². The molecule has 0 aliphatic carbocycles. The first-order chi connectivity index (χ1) is 10.5. The van der Waals surface area contributed by atoms with Crippen LogP contribution in [-0.4, -0.2) is 44.4 Å². The van der Waals surface area contributed by atoms with E-state index in [0.717, 1.165) is 11.3 Å². The first-order valence-corrected chi connectivity index (χ1v) is 7.97. The molecular formula is C15H19BrN3O3+. The molecule has 0 spiro atoms. The van der Waals surface area contributed by atoms with Crippen LogP contribution in [0.3, 0.4) is 0 Å². The topological polar surface area (TPSA) is 70.9 Å². The van der Waals surface area contributed by atoms with E-state index >= 15 is 0 Å². The molecule has 0 bridgehead atoms. The quantitative estimate of drug-likeness (QED) is 0.693. The molecule has 0 saturated heterocycles. The Morgan fingerprint density at radius 1 is 1.36 bits per heavy atom. The largest absolute Gasteiger partial charge is 0.351 e. The minimum Gasteiger partial charge on any atom is -0.351 e. The van der Waals surface area contributed by atoms with Crippen molar-refractivity contribution < 1.29 is 19.3 Å². The predicted octanol–water partition coefficient (Wildman–Crippen LogP) is -0.0232. The number of likely N-dealkylation sites (N-methyl/N-ethyl adjacent to an activating group) is 1. The van der Waals surface area contributed by atoms with Gasteiger partial charge in [-0.25, -0.2) is 0 Å². The molecule has 0 fully saturated rings. The molecule has 0 saturated carbocycles. The number of benzene rings is 1. The number of amides is 2. The number of anilines is 1. The number of ketones is 1. The van der Waals surface area contributed by atoms with Crippen LogP contribution in [0.5, 0.6) is 0 Å². The van der Waals surface area contributed by atoms with Crippen molar-refractivity contribution >= 4 is 39.2 Å². The van der Waals surface area contributed by atoms with E-state index in [1.54, 1.807) is 18.2 Å². The van der Waals surface area contributed by atoms with Crippen LogP contribution in [0.1, 0.15) is 23.7 Å². The van der Waals surface area contributed by atoms with Crippen molar-refractivity contribution in [2.75, 3.05) is 31.7 Å². The van der Waals surface area contributed by atoms with Crippen LogP contribution in [0.4, 0.5) is 5.69 Å². The minimum absolute atomic E-state index is 0.0651. The van der Waals surface area contributed by atoms with E-state index < -0.39 is 11.7 Å². The van der Waals surface area contributed by atoms with E-state index in [1.165, 1.54) is 4.90 Å². The van der Waals surface area contributed by atoms with Crippen LogP contribution in [0.2, 0.25) is 0 Å². The Bertz CT molecular complexity index is 618. The van der Waals surface area contributed by atoms with Crippen molar-refractivity contribution in [2.24, 2.45) is 0 Å². The van der Waals surface area contributed by atoms with E-state index in [4.69, 9.17) is 0 Å². The lowest BCUT2D eigenvalue weighted by Crippen LogP contribution is -3.12. The normalized spacial score (nSPS) is 15.0. The van der Waals surface area contributed by atoms with Gasteiger partial charge in [-0.2, -0.15) is 0 Å². The Kier molecular flexibility index (Phi) is 5.31. The Morgan fingerprint density at radius 3 is 2.77 bits per heavy atom. The highest BCUT2D eigenvalue weighted by Gasteiger charge is 2.38. The number of nitrogens with zero attached hydrogens (tertiary/aromatic N) is 1. The minimum atomic E-state index is -0.546. The van der Waals surface area contributed by atoms with Crippen LogP contribution in [-0.2, 0) is 9.59 Å². The highest BCUT2D eigenvalue weighted by atomic mass is 79.9. The summed E-state index contributed by atoms with van der Waals surface area (Å²) in [6.45, 7) is 3.14. The fourth-order valence-electron chi connectivity index (χ4n) is 2.39. The standard InChI is InChI=1S/C15H18BrN3O3/c1-3-7-17-12(20)8-18(2)9-19-13-10(14(21)15(19)22)5-4-6-11(13)16/h4-6H,3,7-9H2,1-2H3,(H,17,20)/p+1. The van der Waals surface area contributed by atoms with Gasteiger partial charge >= 0.3 is 5.91 Å². The SMILES string of the molecule is CCCNC(=O)C[NH+](C)CN1C(=O)C(=O)c2cccc(Br)c21. The third kappa shape index (κ3) is 3.36. The van der Waals surface area contributed by atoms with Crippen molar-refractivity contribution in [1.29, 1.82) is 0 Å². The van der Waals surface area contributed by atoms with Gasteiger partial charge < -0.3 is 10.2 Å². The molecule has 2 amide bonds. The second-order valence-corrected chi connectivity index (χ2v) is 6.19. The van der Waals surface area contributed by atoms with Gasteiger partial charge in [0.15, 0.2) is 13.2 Å². The van der Waals surface area contributed by atoms with Crippen molar-refractivity contribution in [2.45, 2.75) is 13.3 Å². The lowest BCUT2D eigenvalue weighted by Gasteiger charge is -2.22. The van der Waals surface area contributed by atoms with Gasteiger partial charge in [-0.3, -0.25) is 19.3 Å². The summed E-state index contributed by atoms with van der Waals surface area (Å²) >= 11 is 3.38. The number of carbonyl (C=O) groups excluding carboxylic acids is 3. The van der Waals surface area contributed by atoms with Gasteiger partial charge in [-0.1, -0.05) is 13.0 Å². The second-order valence-electron chi connectivity index (χ2n) is 5.34. The monoisotopic (exact) mass is 368 g/mol. The van der Waals surface area contributed by atoms with Gasteiger partial charge in [-0.05, 0) is 34.5 Å². The summed E-state index contributed by atoms with van der Waals surface area (Å²) in [5, 5.41) is 2.80. The summed E-state index contributed by atoms with van der Waals surface area (Å²) in [4.78, 5) is 38.2. The lowest BCUT2D eigenvalue weighted by molar-refractivity contribution is -0.869. The van der Waals surface area contributed by atoms with Crippen LogP contribution < -0.4 is 15.1 Å². The molecule has 0 aromatic heterocycles. The van der Waals surface area contributed by atoms with Gasteiger partial charge in [0.2, 0.25) is 0 Å². The maximum atomic E-state index is 12.1. The fourth-order valence-corrected chi connectivity index (χ4v) is 2.97. The molecule has 0 radical (unpaired) electrons.